The normalized spacial score (nSPS) is 32.7. The van der Waals surface area contributed by atoms with Crippen LogP contribution in [0.5, 0.6) is 17.2 Å². The van der Waals surface area contributed by atoms with E-state index in [9.17, 15) is 4.39 Å². The SMILES string of the molecule is [2H]C1([2H])Oc2ccc(OCC3([2H])CNCC([2H])([2H])[C@H]3c3ccc(F)cc3)cc2O1. The van der Waals surface area contributed by atoms with Gasteiger partial charge in [0.1, 0.15) is 14.3 Å². The van der Waals surface area contributed by atoms with Crippen LogP contribution in [0.2, 0.25) is 0 Å². The molecule has 0 aliphatic carbocycles. The first-order valence-corrected chi connectivity index (χ1v) is 7.69. The summed E-state index contributed by atoms with van der Waals surface area (Å²) in [5.41, 5.74) is 0.537. The molecule has 2 heterocycles. The zero-order valence-electron chi connectivity index (χ0n) is 17.8. The quantitative estimate of drug-likeness (QED) is 0.931. The van der Waals surface area contributed by atoms with E-state index in [1.807, 2.05) is 0 Å². The minimum Gasteiger partial charge on any atom is -0.493 e. The zero-order valence-corrected chi connectivity index (χ0v) is 12.8. The molecule has 4 nitrogen and oxygen atoms in total. The molecule has 0 aromatic heterocycles. The van der Waals surface area contributed by atoms with E-state index >= 15 is 0 Å². The van der Waals surface area contributed by atoms with Crippen LogP contribution in [-0.4, -0.2) is 26.4 Å². The molecule has 0 spiro atoms. The van der Waals surface area contributed by atoms with Gasteiger partial charge in [-0.15, -0.1) is 0 Å². The van der Waals surface area contributed by atoms with Crippen molar-refractivity contribution in [3.05, 3.63) is 53.8 Å². The van der Waals surface area contributed by atoms with Crippen molar-refractivity contribution in [2.75, 3.05) is 26.4 Å². The summed E-state index contributed by atoms with van der Waals surface area (Å²) in [6.45, 7) is -2.10. The molecule has 4 rings (SSSR count). The van der Waals surface area contributed by atoms with Crippen LogP contribution < -0.4 is 19.5 Å². The molecule has 2 aliphatic rings. The number of hydrogen-bond donors (Lipinski definition) is 1. The van der Waals surface area contributed by atoms with E-state index in [4.69, 9.17) is 21.1 Å². The Morgan fingerprint density at radius 3 is 2.92 bits per heavy atom. The first-order chi connectivity index (χ1) is 13.6. The number of benzene rings is 2. The minimum absolute atomic E-state index is 0.0782. The van der Waals surface area contributed by atoms with E-state index in [0.29, 0.717) is 11.3 Å². The van der Waals surface area contributed by atoms with E-state index in [0.717, 1.165) is 0 Å². The molecule has 0 amide bonds. The van der Waals surface area contributed by atoms with Gasteiger partial charge in [0.2, 0.25) is 6.75 Å². The van der Waals surface area contributed by atoms with Gasteiger partial charge in [0.15, 0.2) is 11.5 Å². The molecular formula is C19H20FNO3. The lowest BCUT2D eigenvalue weighted by Gasteiger charge is -2.32. The van der Waals surface area contributed by atoms with Crippen LogP contribution in [0.1, 0.15) is 24.7 Å². The Morgan fingerprint density at radius 2 is 2.04 bits per heavy atom. The third-order valence-corrected chi connectivity index (χ3v) is 4.04. The number of rotatable bonds is 4. The maximum absolute atomic E-state index is 13.3. The van der Waals surface area contributed by atoms with Gasteiger partial charge in [-0.2, -0.15) is 0 Å². The molecule has 2 atom stereocenters. The van der Waals surface area contributed by atoms with Crippen molar-refractivity contribution in [1.29, 1.82) is 0 Å². The molecule has 1 N–H and O–H groups in total. The minimum atomic E-state index is -2.24. The number of piperidine rings is 1. The highest BCUT2D eigenvalue weighted by Crippen LogP contribution is 2.36. The first kappa shape index (κ1) is 10.6. The van der Waals surface area contributed by atoms with Crippen molar-refractivity contribution in [3.63, 3.8) is 0 Å². The largest absolute Gasteiger partial charge is 0.493 e. The van der Waals surface area contributed by atoms with Gasteiger partial charge in [0, 0.05) is 22.6 Å². The standard InChI is InChI=1S/C19H20FNO3/c20-15-3-1-13(2-4-15)17-7-8-21-10-14(17)11-22-16-5-6-18-19(9-16)24-12-23-18/h1-6,9,14,17,21H,7-8,10-12H2/t14?,17-/m0/s1/i7D2,12D2,14D. The smallest absolute Gasteiger partial charge is 0.231 e. The third kappa shape index (κ3) is 3.17. The Labute approximate surface area is 147 Å². The highest BCUT2D eigenvalue weighted by Gasteiger charge is 2.27. The summed E-state index contributed by atoms with van der Waals surface area (Å²) in [5, 5.41) is 2.95. The van der Waals surface area contributed by atoms with E-state index in [1.54, 1.807) is 6.07 Å². The van der Waals surface area contributed by atoms with Crippen molar-refractivity contribution in [2.45, 2.75) is 12.3 Å². The molecule has 24 heavy (non-hydrogen) atoms. The Bertz CT molecular complexity index is 911. The predicted molar refractivity (Wildman–Crippen MR) is 88.2 cm³/mol. The number of hydrogen-bond acceptors (Lipinski definition) is 4. The second-order valence-electron chi connectivity index (χ2n) is 5.64. The summed E-state index contributed by atoms with van der Waals surface area (Å²) in [4.78, 5) is 0. The van der Waals surface area contributed by atoms with Gasteiger partial charge in [-0.05, 0) is 48.7 Å². The molecule has 0 bridgehead atoms. The highest BCUT2D eigenvalue weighted by molar-refractivity contribution is 5.46. The summed E-state index contributed by atoms with van der Waals surface area (Å²) >= 11 is 0. The van der Waals surface area contributed by atoms with Gasteiger partial charge in [0.25, 0.3) is 0 Å². The van der Waals surface area contributed by atoms with Crippen LogP contribution in [-0.2, 0) is 0 Å². The van der Waals surface area contributed by atoms with Crippen molar-refractivity contribution < 1.29 is 25.5 Å². The Balaban J connectivity index is 1.57. The number of ether oxygens (including phenoxy) is 3. The van der Waals surface area contributed by atoms with Crippen molar-refractivity contribution >= 4 is 0 Å². The van der Waals surface area contributed by atoms with Gasteiger partial charge in [-0.3, -0.25) is 0 Å². The van der Waals surface area contributed by atoms with Crippen LogP contribution in [0.15, 0.2) is 42.5 Å². The maximum atomic E-state index is 13.3. The fraction of sp³-hybridized carbons (Fsp3) is 0.368. The fourth-order valence-corrected chi connectivity index (χ4v) is 2.82. The monoisotopic (exact) mass is 334 g/mol. The third-order valence-electron chi connectivity index (χ3n) is 4.04. The molecular weight excluding hydrogens is 309 g/mol. The topological polar surface area (TPSA) is 39.7 Å². The lowest BCUT2D eigenvalue weighted by Crippen LogP contribution is -2.38. The molecule has 1 unspecified atom stereocenters. The van der Waals surface area contributed by atoms with Crippen LogP contribution in [0.3, 0.4) is 0 Å². The Hall–Kier alpha value is -2.27. The van der Waals surface area contributed by atoms with Gasteiger partial charge in [-0.1, -0.05) is 12.1 Å². The Kier molecular flexibility index (Phi) is 2.95. The van der Waals surface area contributed by atoms with E-state index in [2.05, 4.69) is 5.32 Å². The summed E-state index contributed by atoms with van der Waals surface area (Å²) < 4.78 is 70.0. The molecule has 1 saturated heterocycles. The lowest BCUT2D eigenvalue weighted by molar-refractivity contribution is 0.173. The van der Waals surface area contributed by atoms with Gasteiger partial charge >= 0.3 is 0 Å². The molecule has 0 saturated carbocycles. The average Bonchev–Trinajstić information content (AvgIpc) is 2.94. The van der Waals surface area contributed by atoms with Gasteiger partial charge in [-0.25, -0.2) is 4.39 Å². The van der Waals surface area contributed by atoms with Crippen LogP contribution in [0.4, 0.5) is 4.39 Å². The van der Waals surface area contributed by atoms with Crippen molar-refractivity contribution in [3.8, 4) is 17.2 Å². The van der Waals surface area contributed by atoms with Gasteiger partial charge < -0.3 is 19.5 Å². The van der Waals surface area contributed by atoms with Gasteiger partial charge in [0.05, 0.1) is 6.61 Å². The maximum Gasteiger partial charge on any atom is 0.231 e. The summed E-state index contributed by atoms with van der Waals surface area (Å²) in [5.74, 6) is -1.82. The number of nitrogens with one attached hydrogen (secondary N) is 1. The van der Waals surface area contributed by atoms with Crippen LogP contribution in [0.25, 0.3) is 0 Å². The van der Waals surface area contributed by atoms with E-state index in [-0.39, 0.29) is 31.2 Å². The first-order valence-electron chi connectivity index (χ1n) is 10.2. The molecule has 0 radical (unpaired) electrons. The number of fused-ring (bicyclic) bond motifs is 1. The molecule has 5 heteroatoms. The van der Waals surface area contributed by atoms with Crippen molar-refractivity contribution in [2.24, 2.45) is 5.89 Å². The molecule has 2 aromatic rings. The van der Waals surface area contributed by atoms with Crippen molar-refractivity contribution in [1.82, 2.24) is 5.32 Å². The Morgan fingerprint density at radius 1 is 1.21 bits per heavy atom. The average molecular weight is 334 g/mol. The summed E-state index contributed by atoms with van der Waals surface area (Å²) in [7, 11) is 0. The predicted octanol–water partition coefficient (Wildman–Crippen LogP) is 3.33. The van der Waals surface area contributed by atoms with E-state index in [1.165, 1.54) is 36.4 Å². The van der Waals surface area contributed by atoms with Crippen LogP contribution in [0, 0.1) is 11.7 Å². The van der Waals surface area contributed by atoms with Crippen LogP contribution >= 0.6 is 0 Å². The van der Waals surface area contributed by atoms with E-state index < -0.39 is 30.7 Å². The second kappa shape index (κ2) is 6.69. The fourth-order valence-electron chi connectivity index (χ4n) is 2.82. The number of halogens is 1. The second-order valence-corrected chi connectivity index (χ2v) is 5.64. The lowest BCUT2D eigenvalue weighted by atomic mass is 9.81. The molecule has 2 aromatic carbocycles. The molecule has 2 aliphatic heterocycles. The summed E-state index contributed by atoms with van der Waals surface area (Å²) in [6, 6.07) is 10.1. The molecule has 126 valence electrons. The molecule has 1 fully saturated rings. The summed E-state index contributed by atoms with van der Waals surface area (Å²) in [6.07, 6.45) is -1.73. The highest BCUT2D eigenvalue weighted by atomic mass is 19.1. The zero-order chi connectivity index (χ0) is 20.9.